The molecule has 10 heteroatoms. The number of halogens is 4. The van der Waals surface area contributed by atoms with Gasteiger partial charge in [0.1, 0.15) is 5.69 Å². The summed E-state index contributed by atoms with van der Waals surface area (Å²) in [6, 6.07) is 1.12. The molecule has 0 saturated heterocycles. The van der Waals surface area contributed by atoms with Crippen LogP contribution in [0.5, 0.6) is 11.5 Å². The summed E-state index contributed by atoms with van der Waals surface area (Å²) in [5.41, 5.74) is 3.93. The molecule has 0 aliphatic carbocycles. The summed E-state index contributed by atoms with van der Waals surface area (Å²) in [5.74, 6) is -1.68. The molecule has 6 nitrogen and oxygen atoms in total. The van der Waals surface area contributed by atoms with Gasteiger partial charge in [0.2, 0.25) is 0 Å². The van der Waals surface area contributed by atoms with Crippen LogP contribution in [0.3, 0.4) is 0 Å². The van der Waals surface area contributed by atoms with E-state index < -0.39 is 40.0 Å². The molecule has 18 heavy (non-hydrogen) atoms. The van der Waals surface area contributed by atoms with Gasteiger partial charge >= 0.3 is 12.2 Å². The largest absolute Gasteiger partial charge is 0.507 e. The van der Waals surface area contributed by atoms with Crippen LogP contribution in [0.1, 0.15) is 0 Å². The van der Waals surface area contributed by atoms with E-state index in [1.807, 2.05) is 0 Å². The van der Waals surface area contributed by atoms with E-state index in [9.17, 15) is 27.7 Å². The van der Waals surface area contributed by atoms with Crippen LogP contribution in [0.15, 0.2) is 12.1 Å². The van der Waals surface area contributed by atoms with Crippen molar-refractivity contribution in [1.29, 1.82) is 0 Å². The predicted molar refractivity (Wildman–Crippen MR) is 48.7 cm³/mol. The van der Waals surface area contributed by atoms with Crippen molar-refractivity contribution in [2.75, 3.05) is 5.73 Å². The van der Waals surface area contributed by atoms with Crippen molar-refractivity contribution >= 4 is 11.4 Å². The van der Waals surface area contributed by atoms with E-state index in [0.29, 0.717) is 12.1 Å². The number of ether oxygens (including phenoxy) is 2. The highest BCUT2D eigenvalue weighted by Crippen LogP contribution is 2.49. The smallest absolute Gasteiger partial charge is 0.421 e. The predicted octanol–water partition coefficient (Wildman–Crippen LogP) is 2.13. The fourth-order valence-electron chi connectivity index (χ4n) is 1.28. The number of rotatable bonds is 1. The second-order valence-corrected chi connectivity index (χ2v) is 3.35. The highest BCUT2D eigenvalue weighted by atomic mass is 19.3. The molecule has 0 atom stereocenters. The van der Waals surface area contributed by atoms with Crippen molar-refractivity contribution < 1.29 is 32.0 Å². The third kappa shape index (κ3) is 1.65. The molecular weight excluding hydrogens is 264 g/mol. The minimum Gasteiger partial charge on any atom is -0.421 e. The summed E-state index contributed by atoms with van der Waals surface area (Å²) in [6.07, 6.45) is -9.81. The SMILES string of the molecule is Nc1cc2c(cc1[N+](=O)[O-])OC(F)(F)C(F)(F)O2. The molecule has 0 radical (unpaired) electrons. The molecule has 0 spiro atoms. The number of benzene rings is 1. The Hall–Kier alpha value is -2.26. The van der Waals surface area contributed by atoms with Crippen LogP contribution in [0.25, 0.3) is 0 Å². The summed E-state index contributed by atoms with van der Waals surface area (Å²) in [7, 11) is 0. The van der Waals surface area contributed by atoms with Gasteiger partial charge in [-0.2, -0.15) is 17.6 Å². The van der Waals surface area contributed by atoms with Crippen molar-refractivity contribution in [3.05, 3.63) is 22.2 Å². The number of nitrogen functional groups attached to an aromatic ring is 1. The third-order valence-corrected chi connectivity index (χ3v) is 2.10. The summed E-state index contributed by atoms with van der Waals surface area (Å²) in [4.78, 5) is 9.52. The minimum atomic E-state index is -4.93. The molecule has 0 aromatic heterocycles. The Bertz CT molecular complexity index is 534. The average molecular weight is 268 g/mol. The summed E-state index contributed by atoms with van der Waals surface area (Å²) >= 11 is 0. The van der Waals surface area contributed by atoms with Crippen molar-refractivity contribution in [2.45, 2.75) is 12.2 Å². The lowest BCUT2D eigenvalue weighted by Gasteiger charge is -2.31. The van der Waals surface area contributed by atoms with Crippen molar-refractivity contribution in [2.24, 2.45) is 0 Å². The number of alkyl halides is 4. The van der Waals surface area contributed by atoms with Crippen LogP contribution in [-0.4, -0.2) is 17.1 Å². The van der Waals surface area contributed by atoms with Crippen LogP contribution >= 0.6 is 0 Å². The van der Waals surface area contributed by atoms with E-state index in [2.05, 4.69) is 9.47 Å². The number of fused-ring (bicyclic) bond motifs is 1. The standard InChI is InChI=1S/C8H4F4N2O4/c9-7(10)8(11,12)18-6-2-4(14(15)16)3(13)1-5(6)17-7/h1-2H,13H2. The molecule has 1 heterocycles. The first-order valence-electron chi connectivity index (χ1n) is 4.35. The minimum absolute atomic E-state index is 0.494. The van der Waals surface area contributed by atoms with Crippen molar-refractivity contribution in [3.8, 4) is 11.5 Å². The maximum atomic E-state index is 12.8. The first-order valence-corrected chi connectivity index (χ1v) is 4.35. The fourth-order valence-corrected chi connectivity index (χ4v) is 1.28. The highest BCUT2D eigenvalue weighted by molar-refractivity contribution is 5.66. The van der Waals surface area contributed by atoms with Gasteiger partial charge in [-0.25, -0.2) is 0 Å². The number of nitro groups is 1. The Morgan fingerprint density at radius 2 is 1.56 bits per heavy atom. The second kappa shape index (κ2) is 3.37. The number of hydrogen-bond acceptors (Lipinski definition) is 5. The van der Waals surface area contributed by atoms with E-state index in [1.165, 1.54) is 0 Å². The van der Waals surface area contributed by atoms with E-state index in [0.717, 1.165) is 0 Å². The number of hydrogen-bond donors (Lipinski definition) is 1. The third-order valence-electron chi connectivity index (χ3n) is 2.10. The lowest BCUT2D eigenvalue weighted by atomic mass is 10.2. The van der Waals surface area contributed by atoms with Crippen molar-refractivity contribution in [1.82, 2.24) is 0 Å². The molecule has 2 rings (SSSR count). The number of nitro benzene ring substituents is 1. The van der Waals surface area contributed by atoms with Crippen LogP contribution in [0.4, 0.5) is 28.9 Å². The zero-order valence-corrected chi connectivity index (χ0v) is 8.32. The Kier molecular flexibility index (Phi) is 2.28. The molecule has 2 N–H and O–H groups in total. The van der Waals surface area contributed by atoms with E-state index in [-0.39, 0.29) is 0 Å². The molecule has 0 fully saturated rings. The van der Waals surface area contributed by atoms with Gasteiger partial charge in [-0.05, 0) is 0 Å². The first-order chi connectivity index (χ1) is 8.14. The van der Waals surface area contributed by atoms with Crippen molar-refractivity contribution in [3.63, 3.8) is 0 Å². The van der Waals surface area contributed by atoms with Crippen LogP contribution < -0.4 is 15.2 Å². The second-order valence-electron chi connectivity index (χ2n) is 3.35. The molecule has 0 amide bonds. The summed E-state index contributed by atoms with van der Waals surface area (Å²) in [6.45, 7) is 0. The topological polar surface area (TPSA) is 87.6 Å². The number of nitrogens with two attached hydrogens (primary N) is 1. The summed E-state index contributed by atoms with van der Waals surface area (Å²) in [5, 5.41) is 10.5. The Morgan fingerprint density at radius 1 is 1.11 bits per heavy atom. The molecular formula is C8H4F4N2O4. The maximum Gasteiger partial charge on any atom is 0.507 e. The molecule has 1 aliphatic heterocycles. The van der Waals surface area contributed by atoms with Gasteiger partial charge in [-0.3, -0.25) is 10.1 Å². The van der Waals surface area contributed by atoms with Crippen LogP contribution in [0, 0.1) is 10.1 Å². The molecule has 98 valence electrons. The first kappa shape index (κ1) is 12.2. The molecule has 1 aromatic rings. The summed E-state index contributed by atoms with van der Waals surface area (Å²) < 4.78 is 58.6. The van der Waals surface area contributed by atoms with Gasteiger partial charge in [0, 0.05) is 6.07 Å². The van der Waals surface area contributed by atoms with Gasteiger partial charge in [-0.1, -0.05) is 0 Å². The van der Waals surface area contributed by atoms with Gasteiger partial charge in [-0.15, -0.1) is 0 Å². The van der Waals surface area contributed by atoms with E-state index in [4.69, 9.17) is 5.73 Å². The monoisotopic (exact) mass is 268 g/mol. The lowest BCUT2D eigenvalue weighted by Crippen LogP contribution is -2.52. The highest BCUT2D eigenvalue weighted by Gasteiger charge is 2.66. The Labute approximate surface area is 96.0 Å². The Morgan fingerprint density at radius 3 is 2.00 bits per heavy atom. The number of nitrogens with zero attached hydrogens (tertiary/aromatic N) is 1. The zero-order chi connectivity index (χ0) is 13.7. The van der Waals surface area contributed by atoms with Gasteiger partial charge < -0.3 is 15.2 Å². The molecule has 0 unspecified atom stereocenters. The van der Waals surface area contributed by atoms with Gasteiger partial charge in [0.05, 0.1) is 11.0 Å². The number of anilines is 1. The normalized spacial score (nSPS) is 19.3. The Balaban J connectivity index is 2.55. The maximum absolute atomic E-state index is 12.8. The fraction of sp³-hybridized carbons (Fsp3) is 0.250. The van der Waals surface area contributed by atoms with Gasteiger partial charge in [0.15, 0.2) is 11.5 Å². The quantitative estimate of drug-likeness (QED) is 0.365. The van der Waals surface area contributed by atoms with Gasteiger partial charge in [0.25, 0.3) is 5.69 Å². The van der Waals surface area contributed by atoms with Crippen LogP contribution in [0.2, 0.25) is 0 Å². The average Bonchev–Trinajstić information content (AvgIpc) is 2.18. The molecule has 1 aromatic carbocycles. The zero-order valence-electron chi connectivity index (χ0n) is 8.32. The molecule has 0 saturated carbocycles. The molecule has 0 bridgehead atoms. The molecule has 1 aliphatic rings. The van der Waals surface area contributed by atoms with Crippen LogP contribution in [-0.2, 0) is 0 Å². The lowest BCUT2D eigenvalue weighted by molar-refractivity contribution is -0.394. The van der Waals surface area contributed by atoms with E-state index in [1.54, 1.807) is 0 Å². The van der Waals surface area contributed by atoms with E-state index >= 15 is 0 Å².